The topological polar surface area (TPSA) is 51.1 Å². The van der Waals surface area contributed by atoms with E-state index in [0.29, 0.717) is 0 Å². The fourth-order valence-electron chi connectivity index (χ4n) is 3.50. The SMILES string of the molecule is Cc1ccc(S(=O)(=O)N/C=C(\c2ccsc2)c2c(C)n(C)c3ccccc23)cc1. The minimum Gasteiger partial charge on any atom is -0.347 e. The summed E-state index contributed by atoms with van der Waals surface area (Å²) in [5.74, 6) is 0. The van der Waals surface area contributed by atoms with Gasteiger partial charge in [0.15, 0.2) is 0 Å². The summed E-state index contributed by atoms with van der Waals surface area (Å²) < 4.78 is 30.5. The maximum Gasteiger partial charge on any atom is 0.261 e. The molecular formula is C23H22N2O2S2. The Morgan fingerprint density at radius 2 is 1.76 bits per heavy atom. The van der Waals surface area contributed by atoms with E-state index in [-0.39, 0.29) is 4.90 Å². The molecule has 29 heavy (non-hydrogen) atoms. The van der Waals surface area contributed by atoms with Gasteiger partial charge in [-0.2, -0.15) is 11.3 Å². The summed E-state index contributed by atoms with van der Waals surface area (Å²) in [5.41, 5.74) is 6.09. The van der Waals surface area contributed by atoms with Crippen molar-refractivity contribution in [3.63, 3.8) is 0 Å². The molecule has 2 heterocycles. The van der Waals surface area contributed by atoms with Crippen LogP contribution in [-0.4, -0.2) is 13.0 Å². The zero-order valence-corrected chi connectivity index (χ0v) is 18.1. The van der Waals surface area contributed by atoms with Crippen molar-refractivity contribution in [3.8, 4) is 0 Å². The Morgan fingerprint density at radius 3 is 2.45 bits per heavy atom. The molecule has 0 radical (unpaired) electrons. The van der Waals surface area contributed by atoms with Crippen LogP contribution in [0.2, 0.25) is 0 Å². The Hall–Kier alpha value is -2.83. The van der Waals surface area contributed by atoms with E-state index >= 15 is 0 Å². The van der Waals surface area contributed by atoms with Crippen LogP contribution in [0.1, 0.15) is 22.4 Å². The Kier molecular flexibility index (Phi) is 5.06. The first-order valence-electron chi connectivity index (χ1n) is 9.24. The number of nitrogens with one attached hydrogen (secondary N) is 1. The lowest BCUT2D eigenvalue weighted by Gasteiger charge is -2.10. The molecule has 0 spiro atoms. The van der Waals surface area contributed by atoms with Gasteiger partial charge in [0, 0.05) is 41.0 Å². The Balaban J connectivity index is 1.85. The lowest BCUT2D eigenvalue weighted by Crippen LogP contribution is -2.18. The van der Waals surface area contributed by atoms with Crippen molar-refractivity contribution in [1.29, 1.82) is 0 Å². The summed E-state index contributed by atoms with van der Waals surface area (Å²) in [6, 6.07) is 17.0. The number of aryl methyl sites for hydroxylation is 2. The second kappa shape index (κ2) is 7.54. The van der Waals surface area contributed by atoms with Crippen LogP contribution in [0.4, 0.5) is 0 Å². The van der Waals surface area contributed by atoms with Gasteiger partial charge >= 0.3 is 0 Å². The number of hydrogen-bond acceptors (Lipinski definition) is 3. The van der Waals surface area contributed by atoms with Gasteiger partial charge in [0.1, 0.15) is 0 Å². The molecule has 6 heteroatoms. The molecule has 4 rings (SSSR count). The second-order valence-corrected chi connectivity index (χ2v) is 9.53. The van der Waals surface area contributed by atoms with Gasteiger partial charge in [-0.1, -0.05) is 35.9 Å². The molecule has 0 aliphatic carbocycles. The van der Waals surface area contributed by atoms with E-state index in [2.05, 4.69) is 28.3 Å². The van der Waals surface area contributed by atoms with Crippen molar-refractivity contribution in [3.05, 3.63) is 93.9 Å². The molecule has 2 aromatic heterocycles. The van der Waals surface area contributed by atoms with Crippen molar-refractivity contribution >= 4 is 37.8 Å². The molecule has 0 saturated heterocycles. The Morgan fingerprint density at radius 1 is 1.03 bits per heavy atom. The molecular weight excluding hydrogens is 400 g/mol. The van der Waals surface area contributed by atoms with Gasteiger partial charge < -0.3 is 4.57 Å². The van der Waals surface area contributed by atoms with Gasteiger partial charge in [0.05, 0.1) is 4.90 Å². The largest absolute Gasteiger partial charge is 0.347 e. The number of sulfonamides is 1. The first-order chi connectivity index (χ1) is 13.9. The first kappa shape index (κ1) is 19.5. The summed E-state index contributed by atoms with van der Waals surface area (Å²) in [7, 11) is -1.63. The zero-order valence-electron chi connectivity index (χ0n) is 16.5. The van der Waals surface area contributed by atoms with Crippen molar-refractivity contribution < 1.29 is 8.42 Å². The number of hydrogen-bond donors (Lipinski definition) is 1. The third-order valence-electron chi connectivity index (χ3n) is 5.19. The summed E-state index contributed by atoms with van der Waals surface area (Å²) in [5, 5.41) is 5.13. The predicted octanol–water partition coefficient (Wildman–Crippen LogP) is 5.22. The lowest BCUT2D eigenvalue weighted by molar-refractivity contribution is 0.590. The summed E-state index contributed by atoms with van der Waals surface area (Å²) >= 11 is 1.59. The third kappa shape index (κ3) is 3.61. The molecule has 4 nitrogen and oxygen atoms in total. The van der Waals surface area contributed by atoms with Gasteiger partial charge in [-0.15, -0.1) is 0 Å². The molecule has 0 aliphatic rings. The molecule has 1 N–H and O–H groups in total. The fourth-order valence-corrected chi connectivity index (χ4v) is 5.06. The van der Waals surface area contributed by atoms with Crippen LogP contribution in [0.25, 0.3) is 16.5 Å². The number of benzene rings is 2. The molecule has 0 unspecified atom stereocenters. The highest BCUT2D eigenvalue weighted by atomic mass is 32.2. The second-order valence-electron chi connectivity index (χ2n) is 7.04. The number of rotatable bonds is 5. The van der Waals surface area contributed by atoms with Gasteiger partial charge in [-0.25, -0.2) is 8.42 Å². The van der Waals surface area contributed by atoms with E-state index in [1.807, 2.05) is 42.9 Å². The number of nitrogens with zero attached hydrogens (tertiary/aromatic N) is 1. The number of fused-ring (bicyclic) bond motifs is 1. The molecule has 2 aromatic carbocycles. The van der Waals surface area contributed by atoms with E-state index in [0.717, 1.165) is 38.9 Å². The quantitative estimate of drug-likeness (QED) is 0.479. The molecule has 0 amide bonds. The number of aromatic nitrogens is 1. The molecule has 148 valence electrons. The van der Waals surface area contributed by atoms with E-state index in [9.17, 15) is 8.42 Å². The summed E-state index contributed by atoms with van der Waals surface area (Å²) in [4.78, 5) is 0.249. The minimum absolute atomic E-state index is 0.249. The molecule has 0 bridgehead atoms. The first-order valence-corrected chi connectivity index (χ1v) is 11.7. The highest BCUT2D eigenvalue weighted by Crippen LogP contribution is 2.35. The molecule has 0 aliphatic heterocycles. The standard InChI is InChI=1S/C23H22N2O2S2/c1-16-8-10-19(11-9-16)29(26,27)24-14-21(18-12-13-28-15-18)23-17(2)25(3)22-7-5-4-6-20(22)23/h4-15,24H,1-3H3/b21-14+. The third-order valence-corrected chi connectivity index (χ3v) is 7.20. The highest BCUT2D eigenvalue weighted by molar-refractivity contribution is 7.89. The van der Waals surface area contributed by atoms with E-state index in [4.69, 9.17) is 0 Å². The van der Waals surface area contributed by atoms with Crippen LogP contribution < -0.4 is 4.72 Å². The summed E-state index contributed by atoms with van der Waals surface area (Å²) in [6.45, 7) is 3.99. The van der Waals surface area contributed by atoms with Gasteiger partial charge in [0.25, 0.3) is 10.0 Å². The normalized spacial score (nSPS) is 12.4. The van der Waals surface area contributed by atoms with Crippen LogP contribution in [0.3, 0.4) is 0 Å². The van der Waals surface area contributed by atoms with Crippen LogP contribution in [0, 0.1) is 13.8 Å². The summed E-state index contributed by atoms with van der Waals surface area (Å²) in [6.07, 6.45) is 1.62. The zero-order chi connectivity index (χ0) is 20.6. The van der Waals surface area contributed by atoms with E-state index in [1.165, 1.54) is 0 Å². The maximum absolute atomic E-state index is 12.8. The number of para-hydroxylation sites is 1. The predicted molar refractivity (Wildman–Crippen MR) is 121 cm³/mol. The minimum atomic E-state index is -3.66. The van der Waals surface area contributed by atoms with Gasteiger partial charge in [0.2, 0.25) is 0 Å². The van der Waals surface area contributed by atoms with E-state index < -0.39 is 10.0 Å². The van der Waals surface area contributed by atoms with Crippen LogP contribution >= 0.6 is 11.3 Å². The van der Waals surface area contributed by atoms with Crippen LogP contribution in [0.5, 0.6) is 0 Å². The van der Waals surface area contributed by atoms with Gasteiger partial charge in [-0.05, 0) is 54.4 Å². The van der Waals surface area contributed by atoms with Crippen molar-refractivity contribution in [1.82, 2.24) is 9.29 Å². The van der Waals surface area contributed by atoms with Gasteiger partial charge in [-0.3, -0.25) is 4.72 Å². The average molecular weight is 423 g/mol. The number of thiophene rings is 1. The highest BCUT2D eigenvalue weighted by Gasteiger charge is 2.19. The smallest absolute Gasteiger partial charge is 0.261 e. The van der Waals surface area contributed by atoms with Crippen molar-refractivity contribution in [2.75, 3.05) is 0 Å². The molecule has 4 aromatic rings. The molecule has 0 fully saturated rings. The van der Waals surface area contributed by atoms with Crippen molar-refractivity contribution in [2.45, 2.75) is 18.7 Å². The fraction of sp³-hybridized carbons (Fsp3) is 0.130. The maximum atomic E-state index is 12.8. The Bertz CT molecular complexity index is 1300. The van der Waals surface area contributed by atoms with E-state index in [1.54, 1.807) is 41.8 Å². The lowest BCUT2D eigenvalue weighted by atomic mass is 9.98. The molecule has 0 saturated carbocycles. The molecule has 0 atom stereocenters. The van der Waals surface area contributed by atoms with Crippen molar-refractivity contribution in [2.24, 2.45) is 7.05 Å². The average Bonchev–Trinajstić information content (AvgIpc) is 3.32. The van der Waals surface area contributed by atoms with Crippen LogP contribution in [-0.2, 0) is 17.1 Å². The van der Waals surface area contributed by atoms with Crippen LogP contribution in [0.15, 0.2) is 76.5 Å². The monoisotopic (exact) mass is 422 g/mol. The Labute approximate surface area is 175 Å².